The summed E-state index contributed by atoms with van der Waals surface area (Å²) in [4.78, 5) is 25.8. The standard InChI is InChI=1S/C20H21FN2O4/c1-11(24)12-4-6-22(7-5-12)18-9-17-14(8-16(18)21)19(25)15(20(26)27)10-23(17)13-2-3-13/h8-10,13,24H,2-7H2,1H3,(H,26,27). The van der Waals surface area contributed by atoms with Crippen molar-refractivity contribution < 1.29 is 19.4 Å². The normalized spacial score (nSPS) is 17.4. The van der Waals surface area contributed by atoms with Crippen molar-refractivity contribution in [2.75, 3.05) is 18.0 Å². The molecule has 0 amide bonds. The highest BCUT2D eigenvalue weighted by molar-refractivity contribution is 5.93. The molecule has 1 aromatic carbocycles. The van der Waals surface area contributed by atoms with Crippen LogP contribution in [0, 0.1) is 5.82 Å². The molecule has 1 saturated heterocycles. The number of nitrogens with zero attached hydrogens (tertiary/aromatic N) is 2. The minimum Gasteiger partial charge on any atom is -0.513 e. The van der Waals surface area contributed by atoms with Crippen molar-refractivity contribution in [3.8, 4) is 0 Å². The third-order valence-corrected chi connectivity index (χ3v) is 5.49. The third-order valence-electron chi connectivity index (χ3n) is 5.49. The van der Waals surface area contributed by atoms with E-state index in [-0.39, 0.29) is 17.0 Å². The van der Waals surface area contributed by atoms with Crippen LogP contribution in [0.2, 0.25) is 0 Å². The Morgan fingerprint density at radius 3 is 2.41 bits per heavy atom. The number of aliphatic hydroxyl groups is 1. The largest absolute Gasteiger partial charge is 0.513 e. The molecule has 0 radical (unpaired) electrons. The number of anilines is 1. The van der Waals surface area contributed by atoms with Gasteiger partial charge in [-0.25, -0.2) is 9.18 Å². The summed E-state index contributed by atoms with van der Waals surface area (Å²) in [6.07, 6.45) is 4.54. The van der Waals surface area contributed by atoms with Crippen molar-refractivity contribution in [1.29, 1.82) is 0 Å². The summed E-state index contributed by atoms with van der Waals surface area (Å²) < 4.78 is 16.6. The quantitative estimate of drug-likeness (QED) is 0.805. The molecule has 2 fully saturated rings. The van der Waals surface area contributed by atoms with Crippen molar-refractivity contribution in [2.45, 2.75) is 38.6 Å². The van der Waals surface area contributed by atoms with Gasteiger partial charge in [0.15, 0.2) is 0 Å². The Morgan fingerprint density at radius 1 is 1.19 bits per heavy atom. The van der Waals surface area contributed by atoms with Gasteiger partial charge in [-0.05, 0) is 50.3 Å². The van der Waals surface area contributed by atoms with Crippen molar-refractivity contribution in [3.63, 3.8) is 0 Å². The second kappa shape index (κ2) is 6.40. The lowest BCUT2D eigenvalue weighted by molar-refractivity contribution is 0.0695. The van der Waals surface area contributed by atoms with E-state index in [0.29, 0.717) is 42.9 Å². The van der Waals surface area contributed by atoms with Gasteiger partial charge in [-0.1, -0.05) is 0 Å². The maximum absolute atomic E-state index is 14.8. The van der Waals surface area contributed by atoms with Gasteiger partial charge < -0.3 is 19.7 Å². The maximum atomic E-state index is 14.8. The smallest absolute Gasteiger partial charge is 0.341 e. The molecule has 0 atom stereocenters. The summed E-state index contributed by atoms with van der Waals surface area (Å²) in [5.74, 6) is -1.49. The molecule has 2 aliphatic rings. The van der Waals surface area contributed by atoms with Crippen LogP contribution in [-0.4, -0.2) is 33.8 Å². The highest BCUT2D eigenvalue weighted by Crippen LogP contribution is 2.38. The SMILES string of the molecule is CC(O)=C1CCN(c2cc3c(cc2F)c(=O)c(C(=O)O)cn3C2CC2)CC1. The van der Waals surface area contributed by atoms with Gasteiger partial charge in [-0.15, -0.1) is 0 Å². The Labute approximate surface area is 155 Å². The van der Waals surface area contributed by atoms with Crippen LogP contribution in [0.25, 0.3) is 10.9 Å². The number of aromatic nitrogens is 1. The fourth-order valence-electron chi connectivity index (χ4n) is 3.79. The predicted octanol–water partition coefficient (Wildman–Crippen LogP) is 3.61. The molecule has 6 nitrogen and oxygen atoms in total. The van der Waals surface area contributed by atoms with Crippen LogP contribution in [0.5, 0.6) is 0 Å². The Kier molecular flexibility index (Phi) is 4.17. The summed E-state index contributed by atoms with van der Waals surface area (Å²) >= 11 is 0. The highest BCUT2D eigenvalue weighted by atomic mass is 19.1. The van der Waals surface area contributed by atoms with Crippen molar-refractivity contribution >= 4 is 22.6 Å². The van der Waals surface area contributed by atoms with E-state index in [2.05, 4.69) is 0 Å². The first-order valence-corrected chi connectivity index (χ1v) is 9.11. The molecular formula is C20H21FN2O4. The van der Waals surface area contributed by atoms with Gasteiger partial charge in [0.2, 0.25) is 5.43 Å². The van der Waals surface area contributed by atoms with E-state index in [9.17, 15) is 24.2 Å². The second-order valence-corrected chi connectivity index (χ2v) is 7.31. The molecule has 1 aliphatic carbocycles. The number of halogens is 1. The molecule has 7 heteroatoms. The summed E-state index contributed by atoms with van der Waals surface area (Å²) in [6.45, 7) is 2.82. The van der Waals surface area contributed by atoms with Gasteiger partial charge in [0.1, 0.15) is 11.4 Å². The van der Waals surface area contributed by atoms with E-state index in [0.717, 1.165) is 18.4 Å². The third kappa shape index (κ3) is 3.07. The zero-order valence-electron chi connectivity index (χ0n) is 15.0. The molecule has 2 heterocycles. The number of carbonyl (C=O) groups is 1. The maximum Gasteiger partial charge on any atom is 0.341 e. The number of allylic oxidation sites excluding steroid dienone is 1. The lowest BCUT2D eigenvalue weighted by Gasteiger charge is -2.31. The van der Waals surface area contributed by atoms with E-state index in [1.54, 1.807) is 17.6 Å². The van der Waals surface area contributed by atoms with Crippen LogP contribution >= 0.6 is 0 Å². The number of carboxylic acid groups (broad SMARTS) is 1. The van der Waals surface area contributed by atoms with Gasteiger partial charge in [0, 0.05) is 30.7 Å². The van der Waals surface area contributed by atoms with E-state index in [1.807, 2.05) is 4.90 Å². The summed E-state index contributed by atoms with van der Waals surface area (Å²) in [5.41, 5.74) is 0.985. The van der Waals surface area contributed by atoms with Crippen LogP contribution in [0.4, 0.5) is 10.1 Å². The minimum absolute atomic E-state index is 0.104. The zero-order valence-corrected chi connectivity index (χ0v) is 15.0. The average Bonchev–Trinajstić information content (AvgIpc) is 3.47. The first kappa shape index (κ1) is 17.6. The van der Waals surface area contributed by atoms with Crippen LogP contribution in [0.1, 0.15) is 49.0 Å². The van der Waals surface area contributed by atoms with E-state index in [4.69, 9.17) is 0 Å². The number of carboxylic acids is 1. The second-order valence-electron chi connectivity index (χ2n) is 7.31. The lowest BCUT2D eigenvalue weighted by atomic mass is 10.0. The number of aliphatic hydroxyl groups excluding tert-OH is 1. The van der Waals surface area contributed by atoms with Gasteiger partial charge >= 0.3 is 5.97 Å². The number of pyridine rings is 1. The summed E-state index contributed by atoms with van der Waals surface area (Å²) in [7, 11) is 0. The predicted molar refractivity (Wildman–Crippen MR) is 100 cm³/mol. The first-order chi connectivity index (χ1) is 12.9. The van der Waals surface area contributed by atoms with Crippen molar-refractivity contribution in [1.82, 2.24) is 4.57 Å². The van der Waals surface area contributed by atoms with Crippen LogP contribution in [0.15, 0.2) is 34.5 Å². The fraction of sp³-hybridized carbons (Fsp3) is 0.400. The minimum atomic E-state index is -1.30. The Balaban J connectivity index is 1.83. The average molecular weight is 372 g/mol. The molecule has 1 aliphatic heterocycles. The van der Waals surface area contributed by atoms with Crippen molar-refractivity contribution in [3.05, 3.63) is 51.3 Å². The van der Waals surface area contributed by atoms with Crippen molar-refractivity contribution in [2.24, 2.45) is 0 Å². The monoisotopic (exact) mass is 372 g/mol. The van der Waals surface area contributed by atoms with E-state index in [1.165, 1.54) is 12.3 Å². The van der Waals surface area contributed by atoms with Crippen LogP contribution in [-0.2, 0) is 0 Å². The van der Waals surface area contributed by atoms with Gasteiger partial charge in [-0.3, -0.25) is 4.79 Å². The molecule has 0 bridgehead atoms. The van der Waals surface area contributed by atoms with Gasteiger partial charge in [0.05, 0.1) is 17.0 Å². The molecule has 4 rings (SSSR count). The number of benzene rings is 1. The molecule has 2 aromatic rings. The van der Waals surface area contributed by atoms with Crippen LogP contribution in [0.3, 0.4) is 0 Å². The number of rotatable bonds is 3. The van der Waals surface area contributed by atoms with Crippen LogP contribution < -0.4 is 10.3 Å². The summed E-state index contributed by atoms with van der Waals surface area (Å²) in [5, 5.41) is 19.0. The fourth-order valence-corrected chi connectivity index (χ4v) is 3.79. The Hall–Kier alpha value is -2.83. The highest BCUT2D eigenvalue weighted by Gasteiger charge is 2.28. The summed E-state index contributed by atoms with van der Waals surface area (Å²) in [6, 6.07) is 2.98. The molecule has 2 N–H and O–H groups in total. The first-order valence-electron chi connectivity index (χ1n) is 9.11. The molecule has 1 aromatic heterocycles. The topological polar surface area (TPSA) is 82.8 Å². The molecular weight excluding hydrogens is 351 g/mol. The Morgan fingerprint density at radius 2 is 1.85 bits per heavy atom. The lowest BCUT2D eigenvalue weighted by Crippen LogP contribution is -2.32. The molecule has 0 spiro atoms. The van der Waals surface area contributed by atoms with E-state index >= 15 is 0 Å². The van der Waals surface area contributed by atoms with Gasteiger partial charge in [-0.2, -0.15) is 0 Å². The number of fused-ring (bicyclic) bond motifs is 1. The molecule has 27 heavy (non-hydrogen) atoms. The number of hydrogen-bond donors (Lipinski definition) is 2. The molecule has 1 saturated carbocycles. The van der Waals surface area contributed by atoms with Gasteiger partial charge in [0.25, 0.3) is 0 Å². The van der Waals surface area contributed by atoms with E-state index < -0.39 is 17.2 Å². The molecule has 0 unspecified atom stereocenters. The number of hydrogen-bond acceptors (Lipinski definition) is 4. The zero-order chi connectivity index (χ0) is 19.3. The molecule has 142 valence electrons. The number of aromatic carboxylic acids is 1. The number of piperidine rings is 1. The Bertz CT molecular complexity index is 1020.